The normalized spacial score (nSPS) is 10.3. The first kappa shape index (κ1) is 19.5. The van der Waals surface area contributed by atoms with Crippen LogP contribution < -0.4 is 16.0 Å². The van der Waals surface area contributed by atoms with Crippen LogP contribution in [0.2, 0.25) is 0 Å². The van der Waals surface area contributed by atoms with Crippen LogP contribution in [0.5, 0.6) is 0 Å². The van der Waals surface area contributed by atoms with Crippen LogP contribution in [0.3, 0.4) is 0 Å². The van der Waals surface area contributed by atoms with Crippen molar-refractivity contribution >= 4 is 28.9 Å². The van der Waals surface area contributed by atoms with Gasteiger partial charge in [0.15, 0.2) is 0 Å². The van der Waals surface area contributed by atoms with Gasteiger partial charge in [0, 0.05) is 23.5 Å². The van der Waals surface area contributed by atoms with Crippen LogP contribution in [0.4, 0.5) is 17.1 Å². The van der Waals surface area contributed by atoms with E-state index >= 15 is 0 Å². The summed E-state index contributed by atoms with van der Waals surface area (Å²) in [7, 11) is 0. The lowest BCUT2D eigenvalue weighted by atomic mass is 10.1. The van der Waals surface area contributed by atoms with E-state index in [9.17, 15) is 9.59 Å². The fraction of sp³-hybridized carbons (Fsp3) is 0.333. The molecule has 2 aromatic carbocycles. The van der Waals surface area contributed by atoms with Gasteiger partial charge in [-0.25, -0.2) is 0 Å². The van der Waals surface area contributed by atoms with Gasteiger partial charge in [-0.15, -0.1) is 0 Å². The molecular weight excluding hydrogens is 326 g/mol. The molecule has 3 N–H and O–H groups in total. The van der Waals surface area contributed by atoms with E-state index in [1.807, 2.05) is 52.8 Å². The van der Waals surface area contributed by atoms with Crippen molar-refractivity contribution in [1.82, 2.24) is 0 Å². The summed E-state index contributed by atoms with van der Waals surface area (Å²) in [6.45, 7) is 9.91. The van der Waals surface area contributed by atoms with Crippen molar-refractivity contribution in [3.05, 3.63) is 52.6 Å². The molecule has 0 atom stereocenters. The first-order chi connectivity index (χ1) is 12.3. The van der Waals surface area contributed by atoms with Crippen LogP contribution in [-0.2, 0) is 9.59 Å². The minimum absolute atomic E-state index is 0.0340. The van der Waals surface area contributed by atoms with Crippen LogP contribution in [0.25, 0.3) is 0 Å². The predicted octanol–water partition coefficient (Wildman–Crippen LogP) is 4.32. The number of aryl methyl sites for hydroxylation is 3. The van der Waals surface area contributed by atoms with E-state index in [4.69, 9.17) is 0 Å². The van der Waals surface area contributed by atoms with Crippen molar-refractivity contribution < 1.29 is 9.59 Å². The van der Waals surface area contributed by atoms with E-state index in [1.165, 1.54) is 5.56 Å². The fourth-order valence-corrected chi connectivity index (χ4v) is 2.94. The maximum Gasteiger partial charge on any atom is 0.243 e. The molecule has 0 unspecified atom stereocenters. The van der Waals surface area contributed by atoms with Crippen LogP contribution >= 0.6 is 0 Å². The maximum atomic E-state index is 12.4. The molecule has 0 spiro atoms. The second-order valence-corrected chi connectivity index (χ2v) is 6.56. The Morgan fingerprint density at radius 2 is 1.50 bits per heavy atom. The van der Waals surface area contributed by atoms with E-state index in [-0.39, 0.29) is 18.4 Å². The van der Waals surface area contributed by atoms with E-state index in [0.29, 0.717) is 6.42 Å². The molecule has 0 fully saturated rings. The number of hydrogen-bond donors (Lipinski definition) is 3. The van der Waals surface area contributed by atoms with Gasteiger partial charge >= 0.3 is 0 Å². The maximum absolute atomic E-state index is 12.4. The Kier molecular flexibility index (Phi) is 6.39. The average molecular weight is 353 g/mol. The van der Waals surface area contributed by atoms with Crippen LogP contribution in [0.15, 0.2) is 30.3 Å². The lowest BCUT2D eigenvalue weighted by Gasteiger charge is -2.15. The molecule has 0 saturated heterocycles. The Hall–Kier alpha value is -2.82. The van der Waals surface area contributed by atoms with Crippen molar-refractivity contribution in [1.29, 1.82) is 0 Å². The SMILES string of the molecule is CCC(=O)Nc1cccc(NCC(=O)Nc2c(C)cc(C)cc2C)c1C. The molecular formula is C21H27N3O2. The molecule has 0 aliphatic heterocycles. The van der Waals surface area contributed by atoms with E-state index in [1.54, 1.807) is 0 Å². The second kappa shape index (κ2) is 8.52. The average Bonchev–Trinajstić information content (AvgIpc) is 2.58. The zero-order valence-electron chi connectivity index (χ0n) is 16.1. The Balaban J connectivity index is 2.04. The third kappa shape index (κ3) is 4.85. The van der Waals surface area contributed by atoms with Gasteiger partial charge in [-0.05, 0) is 56.5 Å². The molecule has 26 heavy (non-hydrogen) atoms. The van der Waals surface area contributed by atoms with Gasteiger partial charge in [0.25, 0.3) is 0 Å². The summed E-state index contributed by atoms with van der Waals surface area (Å²) >= 11 is 0. The largest absolute Gasteiger partial charge is 0.376 e. The number of rotatable bonds is 6. The predicted molar refractivity (Wildman–Crippen MR) is 108 cm³/mol. The molecule has 2 rings (SSSR count). The van der Waals surface area contributed by atoms with Gasteiger partial charge in [-0.1, -0.05) is 30.7 Å². The molecule has 0 aliphatic rings. The molecule has 2 amide bonds. The molecule has 0 radical (unpaired) electrons. The Morgan fingerprint density at radius 1 is 0.885 bits per heavy atom. The van der Waals surface area contributed by atoms with Gasteiger partial charge in [0.2, 0.25) is 11.8 Å². The molecule has 5 heteroatoms. The number of carbonyl (C=O) groups excluding carboxylic acids is 2. The van der Waals surface area contributed by atoms with Crippen molar-refractivity contribution in [2.75, 3.05) is 22.5 Å². The summed E-state index contributed by atoms with van der Waals surface area (Å²) in [6.07, 6.45) is 0.425. The highest BCUT2D eigenvalue weighted by molar-refractivity contribution is 5.96. The summed E-state index contributed by atoms with van der Waals surface area (Å²) in [4.78, 5) is 24.0. The molecule has 0 saturated carbocycles. The Bertz CT molecular complexity index is 805. The number of benzene rings is 2. The van der Waals surface area contributed by atoms with Crippen LogP contribution in [-0.4, -0.2) is 18.4 Å². The summed E-state index contributed by atoms with van der Waals surface area (Å²) in [5.74, 6) is -0.143. The third-order valence-electron chi connectivity index (χ3n) is 4.31. The summed E-state index contributed by atoms with van der Waals surface area (Å²) in [5.41, 5.74) is 6.64. The summed E-state index contributed by atoms with van der Waals surface area (Å²) in [6, 6.07) is 9.71. The van der Waals surface area contributed by atoms with Gasteiger partial charge < -0.3 is 16.0 Å². The Morgan fingerprint density at radius 3 is 2.12 bits per heavy atom. The Labute approximate surface area is 155 Å². The fourth-order valence-electron chi connectivity index (χ4n) is 2.94. The van der Waals surface area contributed by atoms with E-state index in [2.05, 4.69) is 28.1 Å². The van der Waals surface area contributed by atoms with Gasteiger partial charge in [-0.3, -0.25) is 9.59 Å². The molecule has 138 valence electrons. The van der Waals surface area contributed by atoms with E-state index in [0.717, 1.165) is 33.8 Å². The molecule has 0 heterocycles. The third-order valence-corrected chi connectivity index (χ3v) is 4.31. The first-order valence-electron chi connectivity index (χ1n) is 8.82. The number of hydrogen-bond acceptors (Lipinski definition) is 3. The summed E-state index contributed by atoms with van der Waals surface area (Å²) in [5, 5.41) is 9.00. The van der Waals surface area contributed by atoms with Crippen molar-refractivity contribution in [3.8, 4) is 0 Å². The smallest absolute Gasteiger partial charge is 0.243 e. The molecule has 0 aromatic heterocycles. The first-order valence-corrected chi connectivity index (χ1v) is 8.82. The lowest BCUT2D eigenvalue weighted by molar-refractivity contribution is -0.116. The quantitative estimate of drug-likeness (QED) is 0.724. The molecule has 2 aromatic rings. The second-order valence-electron chi connectivity index (χ2n) is 6.56. The van der Waals surface area contributed by atoms with Crippen LogP contribution in [0.1, 0.15) is 35.6 Å². The summed E-state index contributed by atoms with van der Waals surface area (Å²) < 4.78 is 0. The molecule has 0 aliphatic carbocycles. The standard InChI is InChI=1S/C21H27N3O2/c1-6-19(25)23-18-9-7-8-17(16(18)5)22-12-20(26)24-21-14(3)10-13(2)11-15(21)4/h7-11,22H,6,12H2,1-5H3,(H,23,25)(H,24,26). The highest BCUT2D eigenvalue weighted by atomic mass is 16.2. The zero-order valence-corrected chi connectivity index (χ0v) is 16.1. The van der Waals surface area contributed by atoms with Gasteiger partial charge in [0.05, 0.1) is 6.54 Å². The van der Waals surface area contributed by atoms with Crippen LogP contribution in [0, 0.1) is 27.7 Å². The van der Waals surface area contributed by atoms with Crippen molar-refractivity contribution in [2.24, 2.45) is 0 Å². The number of amides is 2. The molecule has 5 nitrogen and oxygen atoms in total. The van der Waals surface area contributed by atoms with Gasteiger partial charge in [0.1, 0.15) is 0 Å². The number of nitrogens with one attached hydrogen (secondary N) is 3. The van der Waals surface area contributed by atoms with Crippen molar-refractivity contribution in [3.63, 3.8) is 0 Å². The van der Waals surface area contributed by atoms with E-state index < -0.39 is 0 Å². The molecule has 0 bridgehead atoms. The monoisotopic (exact) mass is 353 g/mol. The highest BCUT2D eigenvalue weighted by Gasteiger charge is 2.10. The van der Waals surface area contributed by atoms with Gasteiger partial charge in [-0.2, -0.15) is 0 Å². The minimum Gasteiger partial charge on any atom is -0.376 e. The minimum atomic E-state index is -0.109. The van der Waals surface area contributed by atoms with Crippen molar-refractivity contribution in [2.45, 2.75) is 41.0 Å². The lowest BCUT2D eigenvalue weighted by Crippen LogP contribution is -2.23. The number of carbonyl (C=O) groups is 2. The highest BCUT2D eigenvalue weighted by Crippen LogP contribution is 2.24. The topological polar surface area (TPSA) is 70.2 Å². The number of anilines is 3. The zero-order chi connectivity index (χ0) is 19.3.